The number of carbonyl (C=O) groups excluding carboxylic acids is 1. The third-order valence-corrected chi connectivity index (χ3v) is 2.83. The van der Waals surface area contributed by atoms with E-state index in [4.69, 9.17) is 16.3 Å². The van der Waals surface area contributed by atoms with Gasteiger partial charge in [0.1, 0.15) is 11.5 Å². The summed E-state index contributed by atoms with van der Waals surface area (Å²) in [6.45, 7) is 4.00. The Morgan fingerprint density at radius 3 is 2.76 bits per heavy atom. The number of esters is 1. The standard InChI is InChI=1S/C12H13ClN2O2/c1-7(2)11-14-10(13)8-5-4-6-9(15(8)11)12(16)17-3/h4-7H,1-3H3. The zero-order chi connectivity index (χ0) is 12.6. The van der Waals surface area contributed by atoms with E-state index in [1.165, 1.54) is 7.11 Å². The molecule has 0 saturated heterocycles. The third kappa shape index (κ3) is 1.89. The first kappa shape index (κ1) is 11.9. The second-order valence-electron chi connectivity index (χ2n) is 4.04. The molecule has 0 aliphatic carbocycles. The van der Waals surface area contributed by atoms with Gasteiger partial charge in [-0.2, -0.15) is 0 Å². The molecule has 0 bridgehead atoms. The molecule has 0 spiro atoms. The lowest BCUT2D eigenvalue weighted by Crippen LogP contribution is -2.10. The van der Waals surface area contributed by atoms with Crippen LogP contribution in [0.1, 0.15) is 36.1 Å². The number of hydrogen-bond donors (Lipinski definition) is 0. The number of methoxy groups -OCH3 is 1. The Kier molecular flexibility index (Phi) is 3.07. The summed E-state index contributed by atoms with van der Waals surface area (Å²) in [5, 5.41) is 0.402. The Hall–Kier alpha value is -1.55. The molecule has 0 unspecified atom stereocenters. The number of imidazole rings is 1. The normalized spacial score (nSPS) is 11.1. The first-order chi connectivity index (χ1) is 8.06. The van der Waals surface area contributed by atoms with Crippen LogP contribution in [0.15, 0.2) is 18.2 Å². The van der Waals surface area contributed by atoms with E-state index in [-0.39, 0.29) is 5.92 Å². The quantitative estimate of drug-likeness (QED) is 0.772. The van der Waals surface area contributed by atoms with E-state index in [2.05, 4.69) is 4.98 Å². The summed E-state index contributed by atoms with van der Waals surface area (Å²) in [7, 11) is 1.36. The molecule has 2 heterocycles. The molecule has 0 amide bonds. The Labute approximate surface area is 104 Å². The molecule has 0 atom stereocenters. The van der Waals surface area contributed by atoms with Crippen LogP contribution in [-0.4, -0.2) is 22.5 Å². The van der Waals surface area contributed by atoms with Gasteiger partial charge in [0.15, 0.2) is 5.15 Å². The monoisotopic (exact) mass is 252 g/mol. The Bertz CT molecular complexity index is 575. The van der Waals surface area contributed by atoms with Crippen molar-refractivity contribution in [3.05, 3.63) is 34.9 Å². The summed E-state index contributed by atoms with van der Waals surface area (Å²) < 4.78 is 6.51. The van der Waals surface area contributed by atoms with Crippen molar-refractivity contribution in [3.63, 3.8) is 0 Å². The second kappa shape index (κ2) is 4.37. The predicted octanol–water partition coefficient (Wildman–Crippen LogP) is 2.90. The lowest BCUT2D eigenvalue weighted by atomic mass is 10.2. The lowest BCUT2D eigenvalue weighted by molar-refractivity contribution is 0.0592. The highest BCUT2D eigenvalue weighted by molar-refractivity contribution is 6.32. The Morgan fingerprint density at radius 2 is 2.18 bits per heavy atom. The number of aromatic nitrogens is 2. The molecule has 2 rings (SSSR count). The number of ether oxygens (including phenoxy) is 1. The average molecular weight is 253 g/mol. The molecule has 5 heteroatoms. The first-order valence-corrected chi connectivity index (χ1v) is 5.69. The van der Waals surface area contributed by atoms with Gasteiger partial charge in [-0.05, 0) is 12.1 Å². The highest BCUT2D eigenvalue weighted by Gasteiger charge is 2.18. The minimum atomic E-state index is -0.397. The van der Waals surface area contributed by atoms with Gasteiger partial charge in [0, 0.05) is 5.92 Å². The molecule has 0 fully saturated rings. The molecule has 0 radical (unpaired) electrons. The maximum Gasteiger partial charge on any atom is 0.355 e. The number of halogens is 1. The summed E-state index contributed by atoms with van der Waals surface area (Å²) in [6.07, 6.45) is 0. The molecule has 0 saturated carbocycles. The predicted molar refractivity (Wildman–Crippen MR) is 65.6 cm³/mol. The van der Waals surface area contributed by atoms with Crippen LogP contribution in [0.2, 0.25) is 5.15 Å². The van der Waals surface area contributed by atoms with Gasteiger partial charge in [0.2, 0.25) is 0 Å². The summed E-state index contributed by atoms with van der Waals surface area (Å²) in [5.74, 6) is 0.526. The molecule has 0 aromatic carbocycles. The van der Waals surface area contributed by atoms with E-state index in [0.717, 1.165) is 11.3 Å². The van der Waals surface area contributed by atoms with Crippen molar-refractivity contribution < 1.29 is 9.53 Å². The number of fused-ring (bicyclic) bond motifs is 1. The zero-order valence-electron chi connectivity index (χ0n) is 9.90. The molecule has 2 aromatic heterocycles. The van der Waals surface area contributed by atoms with Crippen molar-refractivity contribution in [3.8, 4) is 0 Å². The van der Waals surface area contributed by atoms with E-state index in [1.807, 2.05) is 19.9 Å². The van der Waals surface area contributed by atoms with Gasteiger partial charge < -0.3 is 4.74 Å². The van der Waals surface area contributed by atoms with E-state index in [9.17, 15) is 4.79 Å². The van der Waals surface area contributed by atoms with Crippen molar-refractivity contribution in [2.45, 2.75) is 19.8 Å². The summed E-state index contributed by atoms with van der Waals surface area (Å²) >= 11 is 6.06. The molecule has 0 N–H and O–H groups in total. The highest BCUT2D eigenvalue weighted by Crippen LogP contribution is 2.24. The fraction of sp³-hybridized carbons (Fsp3) is 0.333. The van der Waals surface area contributed by atoms with Crippen molar-refractivity contribution in [2.24, 2.45) is 0 Å². The van der Waals surface area contributed by atoms with Gasteiger partial charge in [-0.1, -0.05) is 31.5 Å². The smallest absolute Gasteiger partial charge is 0.355 e. The summed E-state index contributed by atoms with van der Waals surface area (Å²) in [4.78, 5) is 16.0. The molecule has 17 heavy (non-hydrogen) atoms. The van der Waals surface area contributed by atoms with E-state index < -0.39 is 5.97 Å². The zero-order valence-corrected chi connectivity index (χ0v) is 10.7. The van der Waals surface area contributed by atoms with Gasteiger partial charge in [0.25, 0.3) is 0 Å². The minimum absolute atomic E-state index is 0.167. The number of hydrogen-bond acceptors (Lipinski definition) is 3. The van der Waals surface area contributed by atoms with Crippen molar-refractivity contribution in [1.82, 2.24) is 9.38 Å². The largest absolute Gasteiger partial charge is 0.464 e. The van der Waals surface area contributed by atoms with Gasteiger partial charge >= 0.3 is 5.97 Å². The van der Waals surface area contributed by atoms with Crippen molar-refractivity contribution in [1.29, 1.82) is 0 Å². The lowest BCUT2D eigenvalue weighted by Gasteiger charge is -2.08. The molecular formula is C12H13ClN2O2. The molecule has 2 aromatic rings. The number of carbonyl (C=O) groups is 1. The molecule has 4 nitrogen and oxygen atoms in total. The molecule has 0 aliphatic rings. The molecule has 0 aliphatic heterocycles. The van der Waals surface area contributed by atoms with Gasteiger partial charge in [-0.25, -0.2) is 9.78 Å². The van der Waals surface area contributed by atoms with Crippen LogP contribution in [0.4, 0.5) is 0 Å². The first-order valence-electron chi connectivity index (χ1n) is 5.31. The third-order valence-electron chi connectivity index (χ3n) is 2.55. The van der Waals surface area contributed by atoms with Gasteiger partial charge in [0.05, 0.1) is 12.6 Å². The van der Waals surface area contributed by atoms with E-state index in [0.29, 0.717) is 10.8 Å². The van der Waals surface area contributed by atoms with Crippen LogP contribution in [0.5, 0.6) is 0 Å². The Balaban J connectivity index is 2.81. The fourth-order valence-corrected chi connectivity index (χ4v) is 2.01. The van der Waals surface area contributed by atoms with Crippen LogP contribution < -0.4 is 0 Å². The Morgan fingerprint density at radius 1 is 1.47 bits per heavy atom. The maximum absolute atomic E-state index is 11.7. The van der Waals surface area contributed by atoms with Crippen LogP contribution in [0.25, 0.3) is 5.52 Å². The number of nitrogens with zero attached hydrogens (tertiary/aromatic N) is 2. The van der Waals surface area contributed by atoms with Crippen molar-refractivity contribution >= 4 is 23.1 Å². The van der Waals surface area contributed by atoms with Crippen molar-refractivity contribution in [2.75, 3.05) is 7.11 Å². The molecular weight excluding hydrogens is 240 g/mol. The van der Waals surface area contributed by atoms with Crippen LogP contribution in [0, 0.1) is 0 Å². The number of rotatable bonds is 2. The molecule has 90 valence electrons. The van der Waals surface area contributed by atoms with Gasteiger partial charge in [-0.15, -0.1) is 0 Å². The van der Waals surface area contributed by atoms with Crippen LogP contribution in [-0.2, 0) is 4.74 Å². The number of pyridine rings is 1. The average Bonchev–Trinajstić information content (AvgIpc) is 2.66. The minimum Gasteiger partial charge on any atom is -0.464 e. The highest BCUT2D eigenvalue weighted by atomic mass is 35.5. The summed E-state index contributed by atoms with van der Waals surface area (Å²) in [5.41, 5.74) is 1.16. The maximum atomic E-state index is 11.7. The van der Waals surface area contributed by atoms with E-state index in [1.54, 1.807) is 16.5 Å². The summed E-state index contributed by atoms with van der Waals surface area (Å²) in [6, 6.07) is 5.29. The SMILES string of the molecule is COC(=O)c1cccc2c(Cl)nc(C(C)C)n12. The van der Waals surface area contributed by atoms with Crippen LogP contribution in [0.3, 0.4) is 0 Å². The van der Waals surface area contributed by atoms with Crippen LogP contribution >= 0.6 is 11.6 Å². The van der Waals surface area contributed by atoms with E-state index >= 15 is 0 Å². The topological polar surface area (TPSA) is 43.6 Å². The fourth-order valence-electron chi connectivity index (χ4n) is 1.78. The second-order valence-corrected chi connectivity index (χ2v) is 4.40. The van der Waals surface area contributed by atoms with Gasteiger partial charge in [-0.3, -0.25) is 4.40 Å².